The lowest BCUT2D eigenvalue weighted by molar-refractivity contribution is -0.137. The van der Waals surface area contributed by atoms with Crippen LogP contribution in [-0.2, 0) is 15.7 Å². The molecule has 2 aromatic rings. The first kappa shape index (κ1) is 24.2. The van der Waals surface area contributed by atoms with E-state index in [-0.39, 0.29) is 24.4 Å². The number of benzene rings is 2. The van der Waals surface area contributed by atoms with Crippen LogP contribution in [0.15, 0.2) is 64.6 Å². The number of nitrogens with one attached hydrogen (secondary N) is 2. The van der Waals surface area contributed by atoms with Crippen LogP contribution in [0.1, 0.15) is 24.8 Å². The Morgan fingerprint density at radius 1 is 1.12 bits per heavy atom. The van der Waals surface area contributed by atoms with Crippen LogP contribution in [0.4, 0.5) is 24.5 Å². The van der Waals surface area contributed by atoms with Crippen LogP contribution in [-0.4, -0.2) is 42.3 Å². The van der Waals surface area contributed by atoms with Gasteiger partial charge in [-0.3, -0.25) is 20.2 Å². The Balaban J connectivity index is 1.83. The zero-order valence-electron chi connectivity index (χ0n) is 17.7. The molecule has 6 nitrogen and oxygen atoms in total. The standard InChI is InChI=1S/C24H23F3N4O2/c25-24(26,27)17-5-4-8-19(13-17)30-14-21(33-15-16-9-10-16)23(32)22(29)20(11-12-28)31-18-6-2-1-3-7-18/h1-8,12-14,16,21,28-29H,9-11,15H2. The number of Topliss-reactive ketones (excluding diaryl/α,β-unsaturated/α-hetero) is 1. The van der Waals surface area contributed by atoms with E-state index in [2.05, 4.69) is 9.98 Å². The average molecular weight is 456 g/mol. The van der Waals surface area contributed by atoms with Crippen molar-refractivity contribution in [3.8, 4) is 0 Å². The zero-order valence-corrected chi connectivity index (χ0v) is 17.7. The number of carbonyl (C=O) groups excluding carboxylic acids is 1. The summed E-state index contributed by atoms with van der Waals surface area (Å²) in [5.74, 6) is -0.404. The van der Waals surface area contributed by atoms with Gasteiger partial charge in [0, 0.05) is 18.9 Å². The normalized spacial score (nSPS) is 15.4. The number of hydrogen-bond donors (Lipinski definition) is 2. The number of ether oxygens (including phenoxy) is 1. The molecule has 1 aliphatic carbocycles. The summed E-state index contributed by atoms with van der Waals surface area (Å²) >= 11 is 0. The summed E-state index contributed by atoms with van der Waals surface area (Å²) in [5, 5.41) is 15.7. The molecular weight excluding hydrogens is 433 g/mol. The monoisotopic (exact) mass is 456 g/mol. The number of aliphatic imine (C=N–C) groups is 2. The Bertz CT molecular complexity index is 1060. The van der Waals surface area contributed by atoms with Gasteiger partial charge in [-0.05, 0) is 49.1 Å². The lowest BCUT2D eigenvalue weighted by Crippen LogP contribution is -2.36. The maximum absolute atomic E-state index is 13.1. The van der Waals surface area contributed by atoms with Gasteiger partial charge >= 0.3 is 6.18 Å². The number of para-hydroxylation sites is 1. The molecule has 0 radical (unpaired) electrons. The molecule has 0 spiro atoms. The molecule has 0 aliphatic heterocycles. The van der Waals surface area contributed by atoms with Crippen molar-refractivity contribution in [2.24, 2.45) is 15.9 Å². The average Bonchev–Trinajstić information content (AvgIpc) is 3.63. The number of alkyl halides is 3. The van der Waals surface area contributed by atoms with E-state index in [1.807, 2.05) is 0 Å². The minimum absolute atomic E-state index is 0.0156. The highest BCUT2D eigenvalue weighted by molar-refractivity contribution is 6.69. The Hall–Kier alpha value is -3.46. The van der Waals surface area contributed by atoms with E-state index < -0.39 is 29.3 Å². The fourth-order valence-corrected chi connectivity index (χ4v) is 2.87. The van der Waals surface area contributed by atoms with Crippen molar-refractivity contribution >= 4 is 41.0 Å². The predicted octanol–water partition coefficient (Wildman–Crippen LogP) is 5.60. The molecule has 1 atom stereocenters. The van der Waals surface area contributed by atoms with Crippen LogP contribution in [0.5, 0.6) is 0 Å². The van der Waals surface area contributed by atoms with Gasteiger partial charge in [0.2, 0.25) is 5.78 Å². The quantitative estimate of drug-likeness (QED) is 0.430. The van der Waals surface area contributed by atoms with E-state index in [0.29, 0.717) is 11.6 Å². The van der Waals surface area contributed by atoms with E-state index in [1.54, 1.807) is 30.3 Å². The Kier molecular flexibility index (Phi) is 8.00. The van der Waals surface area contributed by atoms with Crippen molar-refractivity contribution in [3.63, 3.8) is 0 Å². The van der Waals surface area contributed by atoms with E-state index in [1.165, 1.54) is 12.1 Å². The molecule has 0 aromatic heterocycles. The molecule has 9 heteroatoms. The molecule has 1 unspecified atom stereocenters. The number of rotatable bonds is 11. The first-order valence-electron chi connectivity index (χ1n) is 10.4. The fraction of sp³-hybridized carbons (Fsp3) is 0.292. The fourth-order valence-electron chi connectivity index (χ4n) is 2.87. The Morgan fingerprint density at radius 3 is 2.45 bits per heavy atom. The van der Waals surface area contributed by atoms with Crippen LogP contribution in [0.25, 0.3) is 0 Å². The number of ketones is 1. The molecule has 0 saturated heterocycles. The van der Waals surface area contributed by atoms with Gasteiger partial charge < -0.3 is 10.1 Å². The second-order valence-electron chi connectivity index (χ2n) is 7.57. The number of hydrogen-bond acceptors (Lipinski definition) is 6. The van der Waals surface area contributed by atoms with Gasteiger partial charge in [0.1, 0.15) is 5.71 Å². The lowest BCUT2D eigenvalue weighted by atomic mass is 10.0. The van der Waals surface area contributed by atoms with Crippen molar-refractivity contribution in [3.05, 3.63) is 60.2 Å². The third kappa shape index (κ3) is 7.28. The molecule has 1 fully saturated rings. The molecule has 2 N–H and O–H groups in total. The van der Waals surface area contributed by atoms with Crippen LogP contribution < -0.4 is 0 Å². The number of halogens is 3. The summed E-state index contributed by atoms with van der Waals surface area (Å²) < 4.78 is 44.6. The summed E-state index contributed by atoms with van der Waals surface area (Å²) in [6.07, 6.45) is -1.69. The summed E-state index contributed by atoms with van der Waals surface area (Å²) in [6.45, 7) is 0.286. The lowest BCUT2D eigenvalue weighted by Gasteiger charge is -2.14. The molecular formula is C24H23F3N4O2. The highest BCUT2D eigenvalue weighted by Gasteiger charge is 2.31. The molecule has 0 amide bonds. The topological polar surface area (TPSA) is 98.7 Å². The second-order valence-corrected chi connectivity index (χ2v) is 7.57. The molecule has 2 aromatic carbocycles. The van der Waals surface area contributed by atoms with Crippen LogP contribution in [0, 0.1) is 16.7 Å². The van der Waals surface area contributed by atoms with Gasteiger partial charge in [-0.25, -0.2) is 0 Å². The first-order chi connectivity index (χ1) is 15.8. The zero-order chi connectivity index (χ0) is 23.8. The molecule has 1 saturated carbocycles. The van der Waals surface area contributed by atoms with E-state index in [4.69, 9.17) is 15.6 Å². The summed E-state index contributed by atoms with van der Waals surface area (Å²) in [5.41, 5.74) is -0.649. The Labute approximate surface area is 189 Å². The maximum atomic E-state index is 13.1. The van der Waals surface area contributed by atoms with Crippen molar-refractivity contribution in [2.75, 3.05) is 6.61 Å². The van der Waals surface area contributed by atoms with Gasteiger partial charge in [0.25, 0.3) is 0 Å². The first-order valence-corrected chi connectivity index (χ1v) is 10.4. The molecule has 33 heavy (non-hydrogen) atoms. The van der Waals surface area contributed by atoms with Crippen molar-refractivity contribution in [2.45, 2.75) is 31.5 Å². The minimum Gasteiger partial charge on any atom is -0.364 e. The van der Waals surface area contributed by atoms with Gasteiger partial charge in [-0.1, -0.05) is 24.3 Å². The van der Waals surface area contributed by atoms with Gasteiger partial charge in [0.05, 0.1) is 29.3 Å². The molecule has 0 heterocycles. The largest absolute Gasteiger partial charge is 0.416 e. The maximum Gasteiger partial charge on any atom is 0.416 e. The summed E-state index contributed by atoms with van der Waals surface area (Å²) in [4.78, 5) is 21.4. The summed E-state index contributed by atoms with van der Waals surface area (Å²) in [6, 6.07) is 13.2. The molecule has 3 rings (SSSR count). The number of carbonyl (C=O) groups is 1. The van der Waals surface area contributed by atoms with E-state index in [9.17, 15) is 18.0 Å². The number of nitrogens with zero attached hydrogens (tertiary/aromatic N) is 2. The van der Waals surface area contributed by atoms with Crippen molar-refractivity contribution < 1.29 is 22.7 Å². The summed E-state index contributed by atoms with van der Waals surface area (Å²) in [7, 11) is 0. The molecule has 1 aliphatic rings. The second kappa shape index (κ2) is 10.9. The van der Waals surface area contributed by atoms with Gasteiger partial charge in [-0.2, -0.15) is 13.2 Å². The van der Waals surface area contributed by atoms with E-state index in [0.717, 1.165) is 37.4 Å². The van der Waals surface area contributed by atoms with Crippen molar-refractivity contribution in [1.82, 2.24) is 0 Å². The molecule has 172 valence electrons. The van der Waals surface area contributed by atoms with Gasteiger partial charge in [-0.15, -0.1) is 0 Å². The highest BCUT2D eigenvalue weighted by atomic mass is 19.4. The highest BCUT2D eigenvalue weighted by Crippen LogP contribution is 2.31. The van der Waals surface area contributed by atoms with Crippen LogP contribution in [0.2, 0.25) is 0 Å². The third-order valence-corrected chi connectivity index (χ3v) is 4.85. The predicted molar refractivity (Wildman–Crippen MR) is 122 cm³/mol. The Morgan fingerprint density at radius 2 is 1.82 bits per heavy atom. The SMILES string of the molecule is N=CCC(=Nc1ccccc1)C(=N)C(=O)C(C=Nc1cccc(C(F)(F)F)c1)OCC1CC1. The minimum atomic E-state index is -4.51. The smallest absolute Gasteiger partial charge is 0.364 e. The molecule has 0 bridgehead atoms. The third-order valence-electron chi connectivity index (χ3n) is 4.85. The van der Waals surface area contributed by atoms with Crippen LogP contribution >= 0.6 is 0 Å². The van der Waals surface area contributed by atoms with Crippen LogP contribution in [0.3, 0.4) is 0 Å². The van der Waals surface area contributed by atoms with Crippen molar-refractivity contribution in [1.29, 1.82) is 10.8 Å². The van der Waals surface area contributed by atoms with Gasteiger partial charge in [0.15, 0.2) is 6.10 Å². The van der Waals surface area contributed by atoms with E-state index >= 15 is 0 Å².